The molecule has 2 rings (SSSR count). The Bertz CT molecular complexity index is 350. The van der Waals surface area contributed by atoms with Gasteiger partial charge in [0.05, 0.1) is 0 Å². The van der Waals surface area contributed by atoms with Crippen molar-refractivity contribution in [2.75, 3.05) is 12.0 Å². The van der Waals surface area contributed by atoms with Gasteiger partial charge in [-0.15, -0.1) is 0 Å². The number of rotatable bonds is 2. The summed E-state index contributed by atoms with van der Waals surface area (Å²) in [5, 5.41) is 0.477. The van der Waals surface area contributed by atoms with E-state index in [0.717, 1.165) is 25.2 Å². The molecule has 4 nitrogen and oxygen atoms in total. The standard InChI is InChI=1S/C9H11ClN4/c10-7-3-1-4-9(12-7)14-13-8-5-2-6-11-8/h1,3-4H,2,5-6H2,(H,11,13)(H,12,14). The van der Waals surface area contributed by atoms with Gasteiger partial charge in [0.1, 0.15) is 16.8 Å². The average Bonchev–Trinajstić information content (AvgIpc) is 2.67. The molecule has 0 saturated heterocycles. The Labute approximate surface area is 87.4 Å². The fourth-order valence-electron chi connectivity index (χ4n) is 1.26. The maximum absolute atomic E-state index is 5.73. The summed E-state index contributed by atoms with van der Waals surface area (Å²) < 4.78 is 0. The number of halogens is 1. The maximum Gasteiger partial charge on any atom is 0.146 e. The first-order valence-electron chi connectivity index (χ1n) is 4.52. The minimum Gasteiger partial charge on any atom is -0.287 e. The van der Waals surface area contributed by atoms with Crippen LogP contribution in [0.3, 0.4) is 0 Å². The van der Waals surface area contributed by atoms with E-state index in [1.807, 2.05) is 12.1 Å². The van der Waals surface area contributed by atoms with Crippen LogP contribution in [0.15, 0.2) is 23.2 Å². The molecule has 1 aromatic rings. The quantitative estimate of drug-likeness (QED) is 0.579. The minimum atomic E-state index is 0.477. The Hall–Kier alpha value is -1.29. The van der Waals surface area contributed by atoms with Gasteiger partial charge in [0.2, 0.25) is 0 Å². The highest BCUT2D eigenvalue weighted by Gasteiger charge is 2.04. The number of nitrogens with zero attached hydrogens (tertiary/aromatic N) is 2. The van der Waals surface area contributed by atoms with Gasteiger partial charge < -0.3 is 0 Å². The molecule has 2 N–H and O–H groups in total. The molecular weight excluding hydrogens is 200 g/mol. The van der Waals surface area contributed by atoms with E-state index in [1.54, 1.807) is 6.07 Å². The first kappa shape index (κ1) is 9.27. The van der Waals surface area contributed by atoms with Gasteiger partial charge in [0.25, 0.3) is 0 Å². The summed E-state index contributed by atoms with van der Waals surface area (Å²) in [6.07, 6.45) is 2.11. The Morgan fingerprint density at radius 2 is 2.21 bits per heavy atom. The van der Waals surface area contributed by atoms with Gasteiger partial charge in [0.15, 0.2) is 0 Å². The van der Waals surface area contributed by atoms with Crippen molar-refractivity contribution in [2.24, 2.45) is 4.99 Å². The zero-order valence-corrected chi connectivity index (χ0v) is 8.38. The monoisotopic (exact) mass is 210 g/mol. The van der Waals surface area contributed by atoms with Gasteiger partial charge in [-0.05, 0) is 18.6 Å². The molecule has 1 aromatic heterocycles. The van der Waals surface area contributed by atoms with Crippen molar-refractivity contribution < 1.29 is 0 Å². The third-order valence-electron chi connectivity index (χ3n) is 1.92. The first-order chi connectivity index (χ1) is 6.84. The number of hydrazine groups is 1. The number of hydrogen-bond donors (Lipinski definition) is 2. The number of anilines is 1. The van der Waals surface area contributed by atoms with Gasteiger partial charge in [-0.2, -0.15) is 0 Å². The van der Waals surface area contributed by atoms with Crippen LogP contribution in [0.2, 0.25) is 5.15 Å². The summed E-state index contributed by atoms with van der Waals surface area (Å²) in [5.41, 5.74) is 5.96. The predicted molar refractivity (Wildman–Crippen MR) is 57.5 cm³/mol. The average molecular weight is 211 g/mol. The normalized spacial score (nSPS) is 15.1. The second kappa shape index (κ2) is 4.28. The van der Waals surface area contributed by atoms with Crippen molar-refractivity contribution in [3.05, 3.63) is 23.4 Å². The second-order valence-corrected chi connectivity index (χ2v) is 3.41. The lowest BCUT2D eigenvalue weighted by molar-refractivity contribution is 0.943. The van der Waals surface area contributed by atoms with Gasteiger partial charge in [-0.3, -0.25) is 15.8 Å². The van der Waals surface area contributed by atoms with E-state index in [9.17, 15) is 0 Å². The van der Waals surface area contributed by atoms with E-state index < -0.39 is 0 Å². The summed E-state index contributed by atoms with van der Waals surface area (Å²) in [4.78, 5) is 8.33. The van der Waals surface area contributed by atoms with Crippen LogP contribution >= 0.6 is 11.6 Å². The van der Waals surface area contributed by atoms with Gasteiger partial charge in [-0.25, -0.2) is 4.98 Å². The van der Waals surface area contributed by atoms with Crippen LogP contribution in [0.25, 0.3) is 0 Å². The molecule has 0 aliphatic carbocycles. The van der Waals surface area contributed by atoms with E-state index >= 15 is 0 Å². The smallest absolute Gasteiger partial charge is 0.146 e. The van der Waals surface area contributed by atoms with E-state index in [2.05, 4.69) is 20.8 Å². The SMILES string of the molecule is Clc1cccc(NNC2=NCCC2)n1. The van der Waals surface area contributed by atoms with Gasteiger partial charge in [0, 0.05) is 13.0 Å². The largest absolute Gasteiger partial charge is 0.287 e. The molecule has 0 fully saturated rings. The highest BCUT2D eigenvalue weighted by Crippen LogP contribution is 2.08. The van der Waals surface area contributed by atoms with Crippen LogP contribution < -0.4 is 10.9 Å². The Balaban J connectivity index is 1.91. The van der Waals surface area contributed by atoms with Crippen LogP contribution in [-0.4, -0.2) is 17.4 Å². The summed E-state index contributed by atoms with van der Waals surface area (Å²) in [7, 11) is 0. The van der Waals surface area contributed by atoms with Crippen molar-refractivity contribution in [2.45, 2.75) is 12.8 Å². The number of pyridine rings is 1. The van der Waals surface area contributed by atoms with Crippen molar-refractivity contribution >= 4 is 23.3 Å². The third-order valence-corrected chi connectivity index (χ3v) is 2.13. The van der Waals surface area contributed by atoms with Gasteiger partial charge in [-0.1, -0.05) is 17.7 Å². The van der Waals surface area contributed by atoms with Crippen LogP contribution in [0.4, 0.5) is 5.82 Å². The van der Waals surface area contributed by atoms with Crippen molar-refractivity contribution in [1.82, 2.24) is 10.4 Å². The van der Waals surface area contributed by atoms with Gasteiger partial charge >= 0.3 is 0 Å². The molecule has 1 aliphatic rings. The van der Waals surface area contributed by atoms with Crippen LogP contribution in [0, 0.1) is 0 Å². The zero-order valence-electron chi connectivity index (χ0n) is 7.63. The molecule has 74 valence electrons. The fourth-order valence-corrected chi connectivity index (χ4v) is 1.42. The topological polar surface area (TPSA) is 49.3 Å². The molecule has 1 aliphatic heterocycles. The summed E-state index contributed by atoms with van der Waals surface area (Å²) in [6, 6.07) is 5.42. The van der Waals surface area contributed by atoms with E-state index in [4.69, 9.17) is 11.6 Å². The second-order valence-electron chi connectivity index (χ2n) is 3.03. The zero-order chi connectivity index (χ0) is 9.80. The van der Waals surface area contributed by atoms with Crippen molar-refractivity contribution in [1.29, 1.82) is 0 Å². The molecule has 0 unspecified atom stereocenters. The Kier molecular flexibility index (Phi) is 2.84. The maximum atomic E-state index is 5.73. The number of amidine groups is 1. The van der Waals surface area contributed by atoms with Crippen LogP contribution in [0.5, 0.6) is 0 Å². The Morgan fingerprint density at radius 3 is 2.93 bits per heavy atom. The summed E-state index contributed by atoms with van der Waals surface area (Å²) in [5.74, 6) is 1.68. The lowest BCUT2D eigenvalue weighted by Gasteiger charge is -2.07. The lowest BCUT2D eigenvalue weighted by Crippen LogP contribution is -2.28. The fraction of sp³-hybridized carbons (Fsp3) is 0.333. The summed E-state index contributed by atoms with van der Waals surface area (Å²) >= 11 is 5.73. The molecule has 5 heteroatoms. The molecule has 14 heavy (non-hydrogen) atoms. The summed E-state index contributed by atoms with van der Waals surface area (Å²) in [6.45, 7) is 0.910. The molecule has 0 amide bonds. The third kappa shape index (κ3) is 2.35. The van der Waals surface area contributed by atoms with Crippen molar-refractivity contribution in [3.63, 3.8) is 0 Å². The molecule has 0 saturated carbocycles. The molecule has 0 atom stereocenters. The highest BCUT2D eigenvalue weighted by atomic mass is 35.5. The molecule has 0 aromatic carbocycles. The predicted octanol–water partition coefficient (Wildman–Crippen LogP) is 1.84. The van der Waals surface area contributed by atoms with Crippen LogP contribution in [0.1, 0.15) is 12.8 Å². The van der Waals surface area contributed by atoms with E-state index in [-0.39, 0.29) is 0 Å². The van der Waals surface area contributed by atoms with Crippen LogP contribution in [-0.2, 0) is 0 Å². The minimum absolute atomic E-state index is 0.477. The highest BCUT2D eigenvalue weighted by molar-refractivity contribution is 6.29. The Morgan fingerprint density at radius 1 is 1.29 bits per heavy atom. The lowest BCUT2D eigenvalue weighted by atomic mass is 10.3. The molecule has 0 radical (unpaired) electrons. The number of aromatic nitrogens is 1. The number of aliphatic imine (C=N–C) groups is 1. The molecule has 2 heterocycles. The van der Waals surface area contributed by atoms with E-state index in [0.29, 0.717) is 11.0 Å². The number of hydrogen-bond acceptors (Lipinski definition) is 4. The number of nitrogens with one attached hydrogen (secondary N) is 2. The molecule has 0 bridgehead atoms. The molecule has 0 spiro atoms. The van der Waals surface area contributed by atoms with E-state index in [1.165, 1.54) is 0 Å². The molecular formula is C9H11ClN4. The first-order valence-corrected chi connectivity index (χ1v) is 4.90. The van der Waals surface area contributed by atoms with Crippen molar-refractivity contribution in [3.8, 4) is 0 Å².